The van der Waals surface area contributed by atoms with Crippen LogP contribution in [0.4, 0.5) is 0 Å². The Morgan fingerprint density at radius 3 is 2.70 bits per heavy atom. The Balaban J connectivity index is 1.98. The van der Waals surface area contributed by atoms with Crippen molar-refractivity contribution in [3.63, 3.8) is 0 Å². The van der Waals surface area contributed by atoms with E-state index in [4.69, 9.17) is 16.3 Å². The first-order chi connectivity index (χ1) is 9.70. The highest BCUT2D eigenvalue weighted by Gasteiger charge is 2.05. The van der Waals surface area contributed by atoms with E-state index < -0.39 is 0 Å². The molecule has 0 atom stereocenters. The molecule has 0 bridgehead atoms. The van der Waals surface area contributed by atoms with Crippen LogP contribution in [0, 0.1) is 0 Å². The molecule has 0 heterocycles. The molecule has 0 spiro atoms. The minimum Gasteiger partial charge on any atom is -0.378 e. The lowest BCUT2D eigenvalue weighted by Gasteiger charge is -2.07. The Bertz CT molecular complexity index is 603. The zero-order chi connectivity index (χ0) is 14.4. The summed E-state index contributed by atoms with van der Waals surface area (Å²) in [6, 6.07) is 11.6. The normalized spacial score (nSPS) is 10.7. The van der Waals surface area contributed by atoms with E-state index in [1.165, 1.54) is 0 Å². The summed E-state index contributed by atoms with van der Waals surface area (Å²) in [6.07, 6.45) is 0. The maximum atomic E-state index is 12.0. The van der Waals surface area contributed by atoms with Gasteiger partial charge in [-0.15, -0.1) is 11.6 Å². The molecular formula is C15H15BrClNO2. The summed E-state index contributed by atoms with van der Waals surface area (Å²) in [5, 5.41) is 4.96. The maximum absolute atomic E-state index is 12.0. The van der Waals surface area contributed by atoms with Crippen LogP contribution < -0.4 is 5.32 Å². The summed E-state index contributed by atoms with van der Waals surface area (Å²) < 4.78 is 6.23. The van der Waals surface area contributed by atoms with Gasteiger partial charge in [0, 0.05) is 22.5 Å². The van der Waals surface area contributed by atoms with E-state index in [1.54, 1.807) is 0 Å². The molecule has 0 aliphatic heterocycles. The van der Waals surface area contributed by atoms with Gasteiger partial charge in [-0.25, -0.2) is 0 Å². The van der Waals surface area contributed by atoms with Crippen LogP contribution >= 0.6 is 27.5 Å². The van der Waals surface area contributed by atoms with Crippen LogP contribution in [-0.2, 0) is 4.74 Å². The minimum absolute atomic E-state index is 0.0932. The third-order valence-corrected chi connectivity index (χ3v) is 3.47. The van der Waals surface area contributed by atoms with Crippen LogP contribution in [0.1, 0.15) is 10.4 Å². The highest BCUT2D eigenvalue weighted by atomic mass is 79.9. The monoisotopic (exact) mass is 355 g/mol. The maximum Gasteiger partial charge on any atom is 0.251 e. The Morgan fingerprint density at radius 2 is 1.90 bits per heavy atom. The van der Waals surface area contributed by atoms with Crippen molar-refractivity contribution in [1.29, 1.82) is 0 Å². The quantitative estimate of drug-likeness (QED) is 0.634. The number of ether oxygens (including phenoxy) is 1. The second-order valence-corrected chi connectivity index (χ2v) is 5.56. The summed E-state index contributed by atoms with van der Waals surface area (Å²) in [6.45, 7) is 1.45. The average molecular weight is 357 g/mol. The number of carbonyl (C=O) groups excluding carboxylic acids is 1. The van der Waals surface area contributed by atoms with E-state index in [1.807, 2.05) is 36.4 Å². The summed E-state index contributed by atoms with van der Waals surface area (Å²) >= 11 is 8.92. The molecule has 0 saturated heterocycles. The largest absolute Gasteiger partial charge is 0.378 e. The van der Waals surface area contributed by atoms with E-state index in [0.717, 1.165) is 15.2 Å². The van der Waals surface area contributed by atoms with E-state index in [9.17, 15) is 4.79 Å². The van der Waals surface area contributed by atoms with E-state index in [0.29, 0.717) is 31.2 Å². The van der Waals surface area contributed by atoms with Crippen LogP contribution in [0.5, 0.6) is 0 Å². The molecule has 0 radical (unpaired) electrons. The molecule has 5 heteroatoms. The van der Waals surface area contributed by atoms with Crippen LogP contribution in [0.25, 0.3) is 10.8 Å². The Labute approximate surface area is 131 Å². The molecule has 0 aliphatic carbocycles. The molecular weight excluding hydrogens is 342 g/mol. The molecule has 0 unspecified atom stereocenters. The number of hydrogen-bond acceptors (Lipinski definition) is 2. The number of halogens is 2. The van der Waals surface area contributed by atoms with Gasteiger partial charge >= 0.3 is 0 Å². The van der Waals surface area contributed by atoms with Crippen molar-refractivity contribution >= 4 is 44.2 Å². The SMILES string of the molecule is O=C(NCCOCCCl)c1ccc2cc(Br)ccc2c1. The first kappa shape index (κ1) is 15.3. The second kappa shape index (κ2) is 7.62. The molecule has 0 aromatic heterocycles. The van der Waals surface area contributed by atoms with Crippen LogP contribution in [0.2, 0.25) is 0 Å². The lowest BCUT2D eigenvalue weighted by Crippen LogP contribution is -2.27. The summed E-state index contributed by atoms with van der Waals surface area (Å²) in [5.74, 6) is 0.373. The first-order valence-corrected chi connectivity index (χ1v) is 7.64. The van der Waals surface area contributed by atoms with Crippen LogP contribution in [0.3, 0.4) is 0 Å². The van der Waals surface area contributed by atoms with Crippen molar-refractivity contribution in [2.45, 2.75) is 0 Å². The highest BCUT2D eigenvalue weighted by Crippen LogP contribution is 2.20. The molecule has 20 heavy (non-hydrogen) atoms. The number of nitrogens with one attached hydrogen (secondary N) is 1. The van der Waals surface area contributed by atoms with Crippen molar-refractivity contribution in [3.05, 3.63) is 46.4 Å². The number of benzene rings is 2. The number of carbonyl (C=O) groups is 1. The minimum atomic E-state index is -0.0932. The zero-order valence-electron chi connectivity index (χ0n) is 10.9. The number of rotatable bonds is 6. The third kappa shape index (κ3) is 4.20. The molecule has 0 aliphatic rings. The number of hydrogen-bond donors (Lipinski definition) is 1. The predicted molar refractivity (Wildman–Crippen MR) is 85.5 cm³/mol. The average Bonchev–Trinajstić information content (AvgIpc) is 2.46. The fourth-order valence-corrected chi connectivity index (χ4v) is 2.34. The molecule has 2 aromatic rings. The van der Waals surface area contributed by atoms with Gasteiger partial charge in [-0.05, 0) is 35.0 Å². The first-order valence-electron chi connectivity index (χ1n) is 6.32. The van der Waals surface area contributed by atoms with Crippen molar-refractivity contribution in [2.75, 3.05) is 25.6 Å². The van der Waals surface area contributed by atoms with E-state index in [-0.39, 0.29) is 5.91 Å². The van der Waals surface area contributed by atoms with Crippen LogP contribution in [0.15, 0.2) is 40.9 Å². The van der Waals surface area contributed by atoms with Gasteiger partial charge < -0.3 is 10.1 Å². The fraction of sp³-hybridized carbons (Fsp3) is 0.267. The van der Waals surface area contributed by atoms with Gasteiger partial charge in [0.2, 0.25) is 0 Å². The fourth-order valence-electron chi connectivity index (χ4n) is 1.85. The lowest BCUT2D eigenvalue weighted by atomic mass is 10.1. The summed E-state index contributed by atoms with van der Waals surface area (Å²) in [7, 11) is 0. The van der Waals surface area contributed by atoms with Gasteiger partial charge in [0.05, 0.1) is 13.2 Å². The Morgan fingerprint density at radius 1 is 1.15 bits per heavy atom. The number of alkyl halides is 1. The van der Waals surface area contributed by atoms with Gasteiger partial charge in [-0.1, -0.05) is 28.1 Å². The molecule has 3 nitrogen and oxygen atoms in total. The second-order valence-electron chi connectivity index (χ2n) is 4.26. The van der Waals surface area contributed by atoms with E-state index in [2.05, 4.69) is 21.2 Å². The molecule has 2 aromatic carbocycles. The summed E-state index contributed by atoms with van der Waals surface area (Å²) in [4.78, 5) is 12.0. The summed E-state index contributed by atoms with van der Waals surface area (Å²) in [5.41, 5.74) is 0.650. The molecule has 106 valence electrons. The number of amides is 1. The Hall–Kier alpha value is -1.10. The third-order valence-electron chi connectivity index (χ3n) is 2.82. The van der Waals surface area contributed by atoms with Gasteiger partial charge in [0.15, 0.2) is 0 Å². The van der Waals surface area contributed by atoms with Gasteiger partial charge in [-0.3, -0.25) is 4.79 Å². The van der Waals surface area contributed by atoms with Gasteiger partial charge in [0.1, 0.15) is 0 Å². The van der Waals surface area contributed by atoms with Crippen molar-refractivity contribution in [2.24, 2.45) is 0 Å². The molecule has 0 saturated carbocycles. The smallest absolute Gasteiger partial charge is 0.251 e. The molecule has 1 N–H and O–H groups in total. The van der Waals surface area contributed by atoms with Gasteiger partial charge in [-0.2, -0.15) is 0 Å². The topological polar surface area (TPSA) is 38.3 Å². The zero-order valence-corrected chi connectivity index (χ0v) is 13.2. The standard InChI is InChI=1S/C15H15BrClNO2/c16-14-4-3-11-9-13(2-1-12(11)10-14)15(19)18-6-8-20-7-5-17/h1-4,9-10H,5-8H2,(H,18,19). The van der Waals surface area contributed by atoms with Crippen molar-refractivity contribution in [1.82, 2.24) is 5.32 Å². The number of fused-ring (bicyclic) bond motifs is 1. The van der Waals surface area contributed by atoms with E-state index >= 15 is 0 Å². The molecule has 0 fully saturated rings. The molecule has 1 amide bonds. The van der Waals surface area contributed by atoms with Crippen molar-refractivity contribution < 1.29 is 9.53 Å². The van der Waals surface area contributed by atoms with Crippen molar-refractivity contribution in [3.8, 4) is 0 Å². The predicted octanol–water partition coefficient (Wildman–Crippen LogP) is 3.59. The van der Waals surface area contributed by atoms with Gasteiger partial charge in [0.25, 0.3) is 5.91 Å². The molecule has 2 rings (SSSR count). The van der Waals surface area contributed by atoms with Crippen LogP contribution in [-0.4, -0.2) is 31.5 Å². The Kier molecular flexibility index (Phi) is 5.83. The highest BCUT2D eigenvalue weighted by molar-refractivity contribution is 9.10. The lowest BCUT2D eigenvalue weighted by molar-refractivity contribution is 0.0923.